The van der Waals surface area contributed by atoms with Gasteiger partial charge >= 0.3 is 6.09 Å². The van der Waals surface area contributed by atoms with Gasteiger partial charge in [-0.3, -0.25) is 4.98 Å². The second kappa shape index (κ2) is 10.8. The summed E-state index contributed by atoms with van der Waals surface area (Å²) >= 11 is 0. The van der Waals surface area contributed by atoms with E-state index < -0.39 is 5.60 Å². The van der Waals surface area contributed by atoms with E-state index in [0.29, 0.717) is 25.0 Å². The molecule has 0 bridgehead atoms. The third-order valence-electron chi connectivity index (χ3n) is 5.68. The summed E-state index contributed by atoms with van der Waals surface area (Å²) in [5, 5.41) is 6.53. The summed E-state index contributed by atoms with van der Waals surface area (Å²) in [5.74, 6) is 0.927. The van der Waals surface area contributed by atoms with Crippen LogP contribution in [-0.2, 0) is 11.3 Å². The number of nitrogens with one attached hydrogen (secondary N) is 2. The second-order valence-corrected chi connectivity index (χ2v) is 9.40. The number of hydrogen-bond acceptors (Lipinski definition) is 5. The molecule has 1 amide bonds. The van der Waals surface area contributed by atoms with Crippen LogP contribution < -0.4 is 15.4 Å². The maximum absolute atomic E-state index is 13.6. The van der Waals surface area contributed by atoms with Crippen LogP contribution in [0.2, 0.25) is 0 Å². The van der Waals surface area contributed by atoms with Gasteiger partial charge in [-0.15, -0.1) is 0 Å². The van der Waals surface area contributed by atoms with Gasteiger partial charge in [0.05, 0.1) is 13.3 Å². The number of amides is 1. The maximum atomic E-state index is 13.6. The number of ether oxygens (including phenoxy) is 2. The molecule has 0 atom stereocenters. The Bertz CT molecular complexity index is 906. The maximum Gasteiger partial charge on any atom is 0.407 e. The third-order valence-corrected chi connectivity index (χ3v) is 5.68. The van der Waals surface area contributed by atoms with Crippen molar-refractivity contribution < 1.29 is 18.7 Å². The van der Waals surface area contributed by atoms with Crippen LogP contribution in [0.25, 0.3) is 11.1 Å². The Balaban J connectivity index is 1.50. The van der Waals surface area contributed by atoms with Crippen LogP contribution in [0.3, 0.4) is 0 Å². The summed E-state index contributed by atoms with van der Waals surface area (Å²) in [6.07, 6.45) is 6.73. The monoisotopic (exact) mass is 443 g/mol. The molecule has 2 aromatic rings. The van der Waals surface area contributed by atoms with Gasteiger partial charge in [0.1, 0.15) is 17.2 Å². The van der Waals surface area contributed by atoms with Gasteiger partial charge < -0.3 is 20.1 Å². The molecule has 32 heavy (non-hydrogen) atoms. The first-order valence-corrected chi connectivity index (χ1v) is 11.2. The summed E-state index contributed by atoms with van der Waals surface area (Å²) in [6.45, 7) is 6.92. The van der Waals surface area contributed by atoms with E-state index in [2.05, 4.69) is 15.6 Å². The van der Waals surface area contributed by atoms with Crippen LogP contribution in [0, 0.1) is 11.7 Å². The molecule has 0 spiro atoms. The van der Waals surface area contributed by atoms with Crippen molar-refractivity contribution in [1.82, 2.24) is 15.6 Å². The van der Waals surface area contributed by atoms with Crippen LogP contribution >= 0.6 is 0 Å². The van der Waals surface area contributed by atoms with Gasteiger partial charge in [-0.1, -0.05) is 6.07 Å². The highest BCUT2D eigenvalue weighted by molar-refractivity contribution is 5.67. The lowest BCUT2D eigenvalue weighted by Gasteiger charge is -2.30. The van der Waals surface area contributed by atoms with Crippen LogP contribution in [0.1, 0.15) is 52.0 Å². The largest absolute Gasteiger partial charge is 0.496 e. The summed E-state index contributed by atoms with van der Waals surface area (Å²) in [5.41, 5.74) is 2.20. The van der Waals surface area contributed by atoms with Gasteiger partial charge in [-0.25, -0.2) is 9.18 Å². The lowest BCUT2D eigenvalue weighted by atomic mass is 9.86. The van der Waals surface area contributed by atoms with Crippen molar-refractivity contribution in [2.24, 2.45) is 5.92 Å². The molecular weight excluding hydrogens is 409 g/mol. The first kappa shape index (κ1) is 24.0. The van der Waals surface area contributed by atoms with Crippen molar-refractivity contribution in [3.05, 3.63) is 48.0 Å². The molecular formula is C25H34FN3O3. The highest BCUT2D eigenvalue weighted by Gasteiger charge is 2.23. The number of pyridine rings is 1. The minimum absolute atomic E-state index is 0.349. The number of rotatable bonds is 7. The SMILES string of the molecule is COc1ccc(-c2cncc(F)c2)cc1CNC1CCC(CNC(=O)OC(C)(C)C)CC1. The minimum Gasteiger partial charge on any atom is -0.496 e. The van der Waals surface area contributed by atoms with Crippen LogP contribution in [0.4, 0.5) is 9.18 Å². The summed E-state index contributed by atoms with van der Waals surface area (Å²) in [4.78, 5) is 15.8. The van der Waals surface area contributed by atoms with Crippen LogP contribution in [-0.4, -0.2) is 36.4 Å². The standard InChI is InChI=1S/C25H34FN3O3/c1-25(2,3)32-24(30)29-13-17-5-8-22(9-6-17)28-15-20-11-18(7-10-23(20)31-4)19-12-21(26)16-27-14-19/h7,10-12,14,16-17,22,28H,5-6,8-9,13,15H2,1-4H3,(H,29,30). The van der Waals surface area contributed by atoms with Gasteiger partial charge in [0.15, 0.2) is 0 Å². The Labute approximate surface area is 189 Å². The van der Waals surface area contributed by atoms with E-state index in [9.17, 15) is 9.18 Å². The number of nitrogens with zero attached hydrogens (tertiary/aromatic N) is 1. The van der Waals surface area contributed by atoms with E-state index in [1.165, 1.54) is 12.3 Å². The third kappa shape index (κ3) is 7.19. The molecule has 1 aliphatic rings. The predicted octanol–water partition coefficient (Wildman–Crippen LogP) is 5.07. The summed E-state index contributed by atoms with van der Waals surface area (Å²) in [6, 6.07) is 7.76. The molecule has 2 N–H and O–H groups in total. The van der Waals surface area contributed by atoms with Crippen molar-refractivity contribution >= 4 is 6.09 Å². The molecule has 1 aromatic carbocycles. The number of halogens is 1. The Kier molecular flexibility index (Phi) is 8.07. The molecule has 6 nitrogen and oxygen atoms in total. The lowest BCUT2D eigenvalue weighted by molar-refractivity contribution is 0.0514. The molecule has 1 aromatic heterocycles. The first-order chi connectivity index (χ1) is 15.2. The fourth-order valence-electron chi connectivity index (χ4n) is 4.03. The zero-order chi connectivity index (χ0) is 23.1. The van der Waals surface area contributed by atoms with Gasteiger partial charge in [0, 0.05) is 36.5 Å². The Hall–Kier alpha value is -2.67. The number of methoxy groups -OCH3 is 1. The Morgan fingerprint density at radius 3 is 2.53 bits per heavy atom. The molecule has 0 saturated heterocycles. The average Bonchev–Trinajstić information content (AvgIpc) is 2.75. The van der Waals surface area contributed by atoms with E-state index in [1.807, 2.05) is 39.0 Å². The van der Waals surface area contributed by atoms with E-state index in [1.54, 1.807) is 13.3 Å². The molecule has 3 rings (SSSR count). The van der Waals surface area contributed by atoms with Crippen molar-refractivity contribution in [3.8, 4) is 16.9 Å². The number of benzene rings is 1. The normalized spacial score (nSPS) is 18.8. The van der Waals surface area contributed by atoms with Crippen LogP contribution in [0.15, 0.2) is 36.7 Å². The Morgan fingerprint density at radius 1 is 1.12 bits per heavy atom. The Morgan fingerprint density at radius 2 is 1.88 bits per heavy atom. The van der Waals surface area contributed by atoms with E-state index in [-0.39, 0.29) is 11.9 Å². The predicted molar refractivity (Wildman–Crippen MR) is 123 cm³/mol. The molecule has 0 aliphatic heterocycles. The van der Waals surface area contributed by atoms with Gasteiger partial charge in [-0.05, 0) is 76.1 Å². The molecule has 0 unspecified atom stereocenters. The molecule has 7 heteroatoms. The molecule has 1 saturated carbocycles. The van der Waals surface area contributed by atoms with Crippen molar-refractivity contribution in [3.63, 3.8) is 0 Å². The smallest absolute Gasteiger partial charge is 0.407 e. The van der Waals surface area contributed by atoms with E-state index in [4.69, 9.17) is 9.47 Å². The molecule has 1 aliphatic carbocycles. The highest BCUT2D eigenvalue weighted by Crippen LogP contribution is 2.28. The van der Waals surface area contributed by atoms with Gasteiger partial charge in [0.25, 0.3) is 0 Å². The number of carbonyl (C=O) groups excluding carboxylic acids is 1. The lowest BCUT2D eigenvalue weighted by Crippen LogP contribution is -2.38. The highest BCUT2D eigenvalue weighted by atomic mass is 19.1. The van der Waals surface area contributed by atoms with Crippen molar-refractivity contribution in [2.75, 3.05) is 13.7 Å². The molecule has 174 valence electrons. The van der Waals surface area contributed by atoms with Gasteiger partial charge in [-0.2, -0.15) is 0 Å². The zero-order valence-electron chi connectivity index (χ0n) is 19.4. The summed E-state index contributed by atoms with van der Waals surface area (Å²) < 4.78 is 24.4. The zero-order valence-corrected chi connectivity index (χ0v) is 19.4. The number of carbonyl (C=O) groups is 1. The van der Waals surface area contributed by atoms with Crippen molar-refractivity contribution in [1.29, 1.82) is 0 Å². The van der Waals surface area contributed by atoms with E-state index >= 15 is 0 Å². The molecule has 1 fully saturated rings. The first-order valence-electron chi connectivity index (χ1n) is 11.2. The number of aromatic nitrogens is 1. The summed E-state index contributed by atoms with van der Waals surface area (Å²) in [7, 11) is 1.66. The van der Waals surface area contributed by atoms with E-state index in [0.717, 1.165) is 48.1 Å². The average molecular weight is 444 g/mol. The van der Waals surface area contributed by atoms with Crippen LogP contribution in [0.5, 0.6) is 5.75 Å². The molecule has 1 heterocycles. The topological polar surface area (TPSA) is 72.5 Å². The number of hydrogen-bond donors (Lipinski definition) is 2. The second-order valence-electron chi connectivity index (χ2n) is 9.40. The van der Waals surface area contributed by atoms with Crippen molar-refractivity contribution in [2.45, 2.75) is 64.6 Å². The molecule has 0 radical (unpaired) electrons. The van der Waals surface area contributed by atoms with Gasteiger partial charge in [0.2, 0.25) is 0 Å². The quantitative estimate of drug-likeness (QED) is 0.625. The fraction of sp³-hybridized carbons (Fsp3) is 0.520. The minimum atomic E-state index is -0.477. The number of alkyl carbamates (subject to hydrolysis) is 1. The fourth-order valence-corrected chi connectivity index (χ4v) is 4.03.